The quantitative estimate of drug-likeness (QED) is 0.526. The van der Waals surface area contributed by atoms with Crippen LogP contribution >= 0.6 is 23.1 Å². The summed E-state index contributed by atoms with van der Waals surface area (Å²) < 4.78 is 5.78. The first kappa shape index (κ1) is 19.6. The molecule has 1 aliphatic carbocycles. The number of hydrogen-bond donors (Lipinski definition) is 1. The van der Waals surface area contributed by atoms with Crippen LogP contribution in [-0.4, -0.2) is 21.4 Å². The molecule has 1 aliphatic rings. The lowest BCUT2D eigenvalue weighted by molar-refractivity contribution is -0.112. The van der Waals surface area contributed by atoms with Crippen molar-refractivity contribution in [2.24, 2.45) is 0 Å². The number of nitriles is 1. The van der Waals surface area contributed by atoms with Gasteiger partial charge in [0.2, 0.25) is 5.13 Å². The van der Waals surface area contributed by atoms with E-state index in [1.165, 1.54) is 49.5 Å². The van der Waals surface area contributed by atoms with E-state index in [9.17, 15) is 10.1 Å². The Morgan fingerprint density at radius 1 is 1.37 bits per heavy atom. The first-order valence-electron chi connectivity index (χ1n) is 9.08. The van der Waals surface area contributed by atoms with Gasteiger partial charge in [0.25, 0.3) is 5.91 Å². The van der Waals surface area contributed by atoms with Gasteiger partial charge in [-0.1, -0.05) is 56.2 Å². The van der Waals surface area contributed by atoms with Crippen molar-refractivity contribution in [3.05, 3.63) is 28.5 Å². The zero-order valence-corrected chi connectivity index (χ0v) is 17.0. The Hall–Kier alpha value is -2.11. The van der Waals surface area contributed by atoms with Crippen LogP contribution < -0.4 is 5.32 Å². The van der Waals surface area contributed by atoms with Crippen molar-refractivity contribution in [1.82, 2.24) is 10.2 Å². The zero-order valence-electron chi connectivity index (χ0n) is 15.4. The van der Waals surface area contributed by atoms with Gasteiger partial charge in [0, 0.05) is 17.2 Å². The van der Waals surface area contributed by atoms with Crippen LogP contribution in [-0.2, 0) is 4.79 Å². The summed E-state index contributed by atoms with van der Waals surface area (Å²) in [6.45, 7) is 4.01. The van der Waals surface area contributed by atoms with Gasteiger partial charge in [-0.05, 0) is 25.0 Å². The molecule has 142 valence electrons. The number of thioether (sulfide) groups is 1. The van der Waals surface area contributed by atoms with E-state index in [0.717, 1.165) is 10.1 Å². The van der Waals surface area contributed by atoms with Gasteiger partial charge >= 0.3 is 0 Å². The molecule has 0 atom stereocenters. The maximum Gasteiger partial charge on any atom is 0.268 e. The van der Waals surface area contributed by atoms with Crippen molar-refractivity contribution in [2.45, 2.75) is 62.2 Å². The number of nitrogens with zero attached hydrogens (tertiary/aromatic N) is 3. The van der Waals surface area contributed by atoms with Crippen LogP contribution in [0.2, 0.25) is 0 Å². The number of carbonyl (C=O) groups is 1. The largest absolute Gasteiger partial charge is 0.450 e. The lowest BCUT2D eigenvalue weighted by Gasteiger charge is -2.19. The maximum atomic E-state index is 12.3. The van der Waals surface area contributed by atoms with Gasteiger partial charge in [-0.15, -0.1) is 10.2 Å². The third-order valence-corrected chi connectivity index (χ3v) is 6.64. The van der Waals surface area contributed by atoms with Crippen LogP contribution in [0.3, 0.4) is 0 Å². The predicted molar refractivity (Wildman–Crippen MR) is 108 cm³/mol. The van der Waals surface area contributed by atoms with E-state index < -0.39 is 5.91 Å². The molecular formula is C19H22N4O2S2. The highest BCUT2D eigenvalue weighted by atomic mass is 32.2. The van der Waals surface area contributed by atoms with Crippen LogP contribution in [0.4, 0.5) is 5.13 Å². The van der Waals surface area contributed by atoms with Crippen molar-refractivity contribution in [3.8, 4) is 6.07 Å². The fourth-order valence-electron chi connectivity index (χ4n) is 2.80. The lowest BCUT2D eigenvalue weighted by atomic mass is 10.0. The third kappa shape index (κ3) is 5.44. The molecule has 2 aromatic heterocycles. The van der Waals surface area contributed by atoms with Gasteiger partial charge in [0.1, 0.15) is 22.4 Å². The summed E-state index contributed by atoms with van der Waals surface area (Å²) in [5, 5.41) is 22.6. The number of aromatic nitrogens is 2. The van der Waals surface area contributed by atoms with Crippen molar-refractivity contribution >= 4 is 40.2 Å². The van der Waals surface area contributed by atoms with Gasteiger partial charge < -0.3 is 4.42 Å². The molecule has 6 nitrogen and oxygen atoms in total. The van der Waals surface area contributed by atoms with Gasteiger partial charge in [-0.25, -0.2) is 0 Å². The second-order valence-corrected chi connectivity index (χ2v) is 9.07. The molecule has 1 N–H and O–H groups in total. The molecule has 1 fully saturated rings. The third-order valence-electron chi connectivity index (χ3n) is 4.24. The molecule has 0 radical (unpaired) electrons. The molecule has 1 amide bonds. The molecule has 0 spiro atoms. The van der Waals surface area contributed by atoms with E-state index in [0.29, 0.717) is 16.1 Å². The average Bonchev–Trinajstić information content (AvgIpc) is 3.30. The fraction of sp³-hybridized carbons (Fsp3) is 0.474. The van der Waals surface area contributed by atoms with Gasteiger partial charge in [0.05, 0.1) is 0 Å². The summed E-state index contributed by atoms with van der Waals surface area (Å²) in [5.74, 6) is 0.226. The van der Waals surface area contributed by atoms with E-state index in [-0.39, 0.29) is 11.5 Å². The number of anilines is 1. The summed E-state index contributed by atoms with van der Waals surface area (Å²) in [7, 11) is 0. The highest BCUT2D eigenvalue weighted by Gasteiger charge is 2.17. The minimum atomic E-state index is -0.512. The van der Waals surface area contributed by atoms with Crippen molar-refractivity contribution < 1.29 is 9.21 Å². The molecule has 3 rings (SSSR count). The Labute approximate surface area is 167 Å². The second-order valence-electron chi connectivity index (χ2n) is 6.76. The first-order valence-corrected chi connectivity index (χ1v) is 10.8. The summed E-state index contributed by atoms with van der Waals surface area (Å²) in [5.41, 5.74) is -0.0279. The molecule has 0 aliphatic heterocycles. The number of amides is 1. The van der Waals surface area contributed by atoms with Gasteiger partial charge in [-0.2, -0.15) is 5.26 Å². The maximum absolute atomic E-state index is 12.3. The average molecular weight is 403 g/mol. The van der Waals surface area contributed by atoms with Crippen LogP contribution in [0.25, 0.3) is 6.08 Å². The standard InChI is InChI=1S/C19H22N4O2S2/c1-12(2)18-22-23-19(27-18)21-17(24)13(11-20)10-14-8-9-16(25-14)26-15-6-4-3-5-7-15/h8-10,12,15H,3-7H2,1-2H3,(H,21,23,24)/b13-10-. The molecule has 1 saturated carbocycles. The van der Waals surface area contributed by atoms with E-state index in [1.807, 2.05) is 26.0 Å². The predicted octanol–water partition coefficient (Wildman–Crippen LogP) is 5.22. The van der Waals surface area contributed by atoms with Gasteiger partial charge in [-0.3, -0.25) is 10.1 Å². The Bertz CT molecular complexity index is 857. The van der Waals surface area contributed by atoms with Gasteiger partial charge in [0.15, 0.2) is 5.09 Å². The molecule has 0 saturated heterocycles. The first-order chi connectivity index (χ1) is 13.0. The van der Waals surface area contributed by atoms with Crippen molar-refractivity contribution in [1.29, 1.82) is 5.26 Å². The fourth-order valence-corrected chi connectivity index (χ4v) is 4.73. The molecule has 8 heteroatoms. The molecule has 2 heterocycles. The highest BCUT2D eigenvalue weighted by molar-refractivity contribution is 7.99. The normalized spacial score (nSPS) is 15.7. The van der Waals surface area contributed by atoms with E-state index in [2.05, 4.69) is 15.5 Å². The highest BCUT2D eigenvalue weighted by Crippen LogP contribution is 2.34. The number of hydrogen-bond acceptors (Lipinski definition) is 7. The zero-order chi connectivity index (χ0) is 19.2. The lowest BCUT2D eigenvalue weighted by Crippen LogP contribution is -2.13. The second kappa shape index (κ2) is 9.20. The number of rotatable bonds is 6. The molecule has 2 aromatic rings. The number of carbonyl (C=O) groups excluding carboxylic acids is 1. The SMILES string of the molecule is CC(C)c1nnc(NC(=O)/C(C#N)=C\c2ccc(SC3CCCCC3)o2)s1. The van der Waals surface area contributed by atoms with E-state index >= 15 is 0 Å². The van der Waals surface area contributed by atoms with Crippen LogP contribution in [0.1, 0.15) is 62.6 Å². The Balaban J connectivity index is 1.64. The Kier molecular flexibility index (Phi) is 6.69. The summed E-state index contributed by atoms with van der Waals surface area (Å²) in [6, 6.07) is 5.62. The summed E-state index contributed by atoms with van der Waals surface area (Å²) in [6.07, 6.45) is 7.75. The molecule has 0 unspecified atom stereocenters. The Morgan fingerprint density at radius 2 is 2.15 bits per heavy atom. The Morgan fingerprint density at radius 3 is 2.81 bits per heavy atom. The molecule has 27 heavy (non-hydrogen) atoms. The molecule has 0 bridgehead atoms. The summed E-state index contributed by atoms with van der Waals surface area (Å²) >= 11 is 3.05. The number of furan rings is 1. The minimum absolute atomic E-state index is 0.0279. The topological polar surface area (TPSA) is 91.8 Å². The van der Waals surface area contributed by atoms with Crippen LogP contribution in [0.5, 0.6) is 0 Å². The van der Waals surface area contributed by atoms with Crippen LogP contribution in [0.15, 0.2) is 27.2 Å². The monoisotopic (exact) mass is 402 g/mol. The molecular weight excluding hydrogens is 380 g/mol. The number of nitrogens with one attached hydrogen (secondary N) is 1. The summed E-state index contributed by atoms with van der Waals surface area (Å²) in [4.78, 5) is 12.3. The van der Waals surface area contributed by atoms with Crippen molar-refractivity contribution in [3.63, 3.8) is 0 Å². The van der Waals surface area contributed by atoms with E-state index in [4.69, 9.17) is 4.42 Å². The molecule has 0 aromatic carbocycles. The van der Waals surface area contributed by atoms with Crippen LogP contribution in [0, 0.1) is 11.3 Å². The smallest absolute Gasteiger partial charge is 0.268 e. The van der Waals surface area contributed by atoms with Crippen molar-refractivity contribution in [2.75, 3.05) is 5.32 Å². The van der Waals surface area contributed by atoms with E-state index in [1.54, 1.807) is 17.8 Å². The minimum Gasteiger partial charge on any atom is -0.450 e.